The molecule has 1 aliphatic carbocycles. The third kappa shape index (κ3) is 5.19. The van der Waals surface area contributed by atoms with Crippen LogP contribution >= 0.6 is 0 Å². The van der Waals surface area contributed by atoms with Gasteiger partial charge in [-0.05, 0) is 32.1 Å². The molecule has 120 valence electrons. The lowest BCUT2D eigenvalue weighted by Crippen LogP contribution is -2.51. The number of urea groups is 1. The second kappa shape index (κ2) is 7.64. The number of carbonyl (C=O) groups is 2. The predicted octanol–water partition coefficient (Wildman–Crippen LogP) is 2.03. The van der Waals surface area contributed by atoms with Crippen LogP contribution in [0.15, 0.2) is 0 Å². The standard InChI is InChI=1S/C15H26N2O4/c18-13(19)5-4-9-16-14(20)17-12-6-10-21-15(11-12)7-2-1-3-8-15/h12H,1-11H2,(H,18,19)(H2,16,17,20). The van der Waals surface area contributed by atoms with Gasteiger partial charge in [-0.25, -0.2) is 4.79 Å². The molecule has 6 heteroatoms. The van der Waals surface area contributed by atoms with Gasteiger partial charge in [-0.2, -0.15) is 0 Å². The quantitative estimate of drug-likeness (QED) is 0.678. The van der Waals surface area contributed by atoms with Crippen molar-refractivity contribution in [1.29, 1.82) is 0 Å². The van der Waals surface area contributed by atoms with Gasteiger partial charge in [0.05, 0.1) is 5.60 Å². The third-order valence-corrected chi connectivity index (χ3v) is 4.45. The molecule has 0 aromatic carbocycles. The molecule has 1 saturated heterocycles. The molecular weight excluding hydrogens is 272 g/mol. The average molecular weight is 298 g/mol. The van der Waals surface area contributed by atoms with Crippen molar-refractivity contribution in [2.75, 3.05) is 13.2 Å². The van der Waals surface area contributed by atoms with E-state index in [2.05, 4.69) is 10.6 Å². The number of aliphatic carboxylic acids is 1. The Morgan fingerprint density at radius 2 is 2.00 bits per heavy atom. The molecule has 1 unspecified atom stereocenters. The van der Waals surface area contributed by atoms with E-state index < -0.39 is 5.97 Å². The highest BCUT2D eigenvalue weighted by Crippen LogP contribution is 2.38. The summed E-state index contributed by atoms with van der Waals surface area (Å²) >= 11 is 0. The molecule has 6 nitrogen and oxygen atoms in total. The number of amides is 2. The van der Waals surface area contributed by atoms with Crippen molar-refractivity contribution in [3.63, 3.8) is 0 Å². The monoisotopic (exact) mass is 298 g/mol. The number of hydrogen-bond donors (Lipinski definition) is 3. The molecule has 21 heavy (non-hydrogen) atoms. The summed E-state index contributed by atoms with van der Waals surface area (Å²) in [5, 5.41) is 14.3. The summed E-state index contributed by atoms with van der Waals surface area (Å²) in [6.07, 6.45) is 8.22. The molecule has 0 aromatic rings. The van der Waals surface area contributed by atoms with Crippen LogP contribution < -0.4 is 10.6 Å². The molecule has 1 atom stereocenters. The first kappa shape index (κ1) is 16.1. The maximum Gasteiger partial charge on any atom is 0.315 e. The number of ether oxygens (including phenoxy) is 1. The zero-order valence-corrected chi connectivity index (χ0v) is 12.5. The van der Waals surface area contributed by atoms with E-state index in [9.17, 15) is 9.59 Å². The van der Waals surface area contributed by atoms with Gasteiger partial charge in [0.25, 0.3) is 0 Å². The fourth-order valence-electron chi connectivity index (χ4n) is 3.37. The van der Waals surface area contributed by atoms with Crippen LogP contribution in [-0.2, 0) is 9.53 Å². The number of nitrogens with one attached hydrogen (secondary N) is 2. The van der Waals surface area contributed by atoms with Crippen molar-refractivity contribution in [3.05, 3.63) is 0 Å². The van der Waals surface area contributed by atoms with E-state index in [1.807, 2.05) is 0 Å². The van der Waals surface area contributed by atoms with Crippen LogP contribution in [-0.4, -0.2) is 41.9 Å². The number of carboxylic acid groups (broad SMARTS) is 1. The van der Waals surface area contributed by atoms with E-state index in [1.54, 1.807) is 0 Å². The number of hydrogen-bond acceptors (Lipinski definition) is 3. The second-order valence-electron chi connectivity index (χ2n) is 6.18. The normalized spacial score (nSPS) is 24.5. The first-order valence-corrected chi connectivity index (χ1v) is 8.00. The summed E-state index contributed by atoms with van der Waals surface area (Å²) in [6, 6.07) is -0.0328. The summed E-state index contributed by atoms with van der Waals surface area (Å²) < 4.78 is 6.01. The van der Waals surface area contributed by atoms with E-state index in [0.717, 1.165) is 25.7 Å². The summed E-state index contributed by atoms with van der Waals surface area (Å²) in [6.45, 7) is 1.11. The van der Waals surface area contributed by atoms with Crippen molar-refractivity contribution < 1.29 is 19.4 Å². The molecular formula is C15H26N2O4. The molecule has 2 amide bonds. The highest BCUT2D eigenvalue weighted by atomic mass is 16.5. The van der Waals surface area contributed by atoms with Crippen LogP contribution in [0.25, 0.3) is 0 Å². The average Bonchev–Trinajstić information content (AvgIpc) is 2.44. The first-order valence-electron chi connectivity index (χ1n) is 8.00. The maximum absolute atomic E-state index is 11.8. The molecule has 1 heterocycles. The molecule has 3 N–H and O–H groups in total. The second-order valence-corrected chi connectivity index (χ2v) is 6.18. The molecule has 1 aliphatic heterocycles. The number of carboxylic acids is 1. The Labute approximate surface area is 125 Å². The van der Waals surface area contributed by atoms with Crippen molar-refractivity contribution in [2.45, 2.75) is 69.4 Å². The maximum atomic E-state index is 11.8. The molecule has 2 rings (SSSR count). The Morgan fingerprint density at radius 3 is 2.71 bits per heavy atom. The van der Waals surface area contributed by atoms with Crippen LogP contribution in [0.5, 0.6) is 0 Å². The molecule has 1 spiro atoms. The van der Waals surface area contributed by atoms with Crippen LogP contribution in [0.4, 0.5) is 4.79 Å². The Balaban J connectivity index is 1.69. The van der Waals surface area contributed by atoms with Crippen LogP contribution in [0.1, 0.15) is 57.8 Å². The van der Waals surface area contributed by atoms with Crippen molar-refractivity contribution in [1.82, 2.24) is 10.6 Å². The van der Waals surface area contributed by atoms with E-state index >= 15 is 0 Å². The summed E-state index contributed by atoms with van der Waals surface area (Å²) in [4.78, 5) is 22.2. The predicted molar refractivity (Wildman–Crippen MR) is 78.2 cm³/mol. The van der Waals surface area contributed by atoms with Crippen molar-refractivity contribution >= 4 is 12.0 Å². The van der Waals surface area contributed by atoms with Crippen molar-refractivity contribution in [3.8, 4) is 0 Å². The minimum atomic E-state index is -0.833. The zero-order chi connectivity index (χ0) is 15.1. The van der Waals surface area contributed by atoms with Gasteiger partial charge in [0, 0.05) is 25.6 Å². The minimum absolute atomic E-state index is 0.0161. The van der Waals surface area contributed by atoms with Gasteiger partial charge in [0.15, 0.2) is 0 Å². The minimum Gasteiger partial charge on any atom is -0.481 e. The van der Waals surface area contributed by atoms with Gasteiger partial charge < -0.3 is 20.5 Å². The third-order valence-electron chi connectivity index (χ3n) is 4.45. The van der Waals surface area contributed by atoms with Gasteiger partial charge in [0.2, 0.25) is 0 Å². The van der Waals surface area contributed by atoms with Crippen LogP contribution in [0.3, 0.4) is 0 Å². The van der Waals surface area contributed by atoms with E-state index in [1.165, 1.54) is 19.3 Å². The molecule has 2 fully saturated rings. The van der Waals surface area contributed by atoms with Gasteiger partial charge in [-0.3, -0.25) is 4.79 Å². The van der Waals surface area contributed by atoms with Gasteiger partial charge in [-0.1, -0.05) is 19.3 Å². The molecule has 1 saturated carbocycles. The largest absolute Gasteiger partial charge is 0.481 e. The summed E-state index contributed by atoms with van der Waals surface area (Å²) in [5.74, 6) is -0.833. The molecule has 0 aromatic heterocycles. The van der Waals surface area contributed by atoms with E-state index in [-0.39, 0.29) is 24.1 Å². The van der Waals surface area contributed by atoms with Gasteiger partial charge >= 0.3 is 12.0 Å². The number of rotatable bonds is 5. The highest BCUT2D eigenvalue weighted by Gasteiger charge is 2.38. The lowest BCUT2D eigenvalue weighted by molar-refractivity contribution is -0.137. The Bertz CT molecular complexity index is 361. The van der Waals surface area contributed by atoms with E-state index in [0.29, 0.717) is 19.6 Å². The van der Waals surface area contributed by atoms with E-state index in [4.69, 9.17) is 9.84 Å². The lowest BCUT2D eigenvalue weighted by Gasteiger charge is -2.43. The Morgan fingerprint density at radius 1 is 1.24 bits per heavy atom. The Hall–Kier alpha value is -1.30. The molecule has 0 radical (unpaired) electrons. The van der Waals surface area contributed by atoms with Gasteiger partial charge in [0.1, 0.15) is 0 Å². The summed E-state index contributed by atoms with van der Waals surface area (Å²) in [5.41, 5.74) is -0.0161. The zero-order valence-electron chi connectivity index (χ0n) is 12.5. The van der Waals surface area contributed by atoms with Crippen LogP contribution in [0, 0.1) is 0 Å². The fourth-order valence-corrected chi connectivity index (χ4v) is 3.37. The van der Waals surface area contributed by atoms with Crippen molar-refractivity contribution in [2.24, 2.45) is 0 Å². The van der Waals surface area contributed by atoms with Gasteiger partial charge in [-0.15, -0.1) is 0 Å². The topological polar surface area (TPSA) is 87.7 Å². The van der Waals surface area contributed by atoms with Crippen LogP contribution in [0.2, 0.25) is 0 Å². The molecule has 2 aliphatic rings. The SMILES string of the molecule is O=C(O)CCCNC(=O)NC1CCOC2(CCCCC2)C1. The number of carbonyl (C=O) groups excluding carboxylic acids is 1. The molecule has 0 bridgehead atoms. The fraction of sp³-hybridized carbons (Fsp3) is 0.867. The first-order chi connectivity index (χ1) is 10.1. The Kier molecular flexibility index (Phi) is 5.85. The smallest absolute Gasteiger partial charge is 0.315 e. The lowest BCUT2D eigenvalue weighted by atomic mass is 9.78. The highest BCUT2D eigenvalue weighted by molar-refractivity contribution is 5.74. The summed E-state index contributed by atoms with van der Waals surface area (Å²) in [7, 11) is 0.